The van der Waals surface area contributed by atoms with Gasteiger partial charge in [0, 0.05) is 32.4 Å². The summed E-state index contributed by atoms with van der Waals surface area (Å²) >= 11 is 0. The Morgan fingerprint density at radius 1 is 1.00 bits per heavy atom. The highest BCUT2D eigenvalue weighted by Crippen LogP contribution is 2.28. The molecule has 0 bridgehead atoms. The zero-order valence-electron chi connectivity index (χ0n) is 18.8. The fourth-order valence-electron chi connectivity index (χ4n) is 4.56. The Balaban J connectivity index is 1.42. The van der Waals surface area contributed by atoms with Gasteiger partial charge in [0.25, 0.3) is 5.91 Å². The Kier molecular flexibility index (Phi) is 6.00. The van der Waals surface area contributed by atoms with Crippen LogP contribution in [-0.4, -0.2) is 70.8 Å². The number of amides is 2. The first-order valence-electron chi connectivity index (χ1n) is 11.5. The van der Waals surface area contributed by atoms with Crippen molar-refractivity contribution in [3.63, 3.8) is 0 Å². The number of piperidine rings is 1. The van der Waals surface area contributed by atoms with Gasteiger partial charge < -0.3 is 19.0 Å². The largest absolute Gasteiger partial charge is 0.460 e. The van der Waals surface area contributed by atoms with Crippen LogP contribution in [0.1, 0.15) is 29.0 Å². The van der Waals surface area contributed by atoms with Crippen molar-refractivity contribution in [3.8, 4) is 17.1 Å². The molecule has 0 radical (unpaired) electrons. The van der Waals surface area contributed by atoms with Gasteiger partial charge in [-0.25, -0.2) is 4.68 Å². The molecule has 2 aliphatic rings. The van der Waals surface area contributed by atoms with Gasteiger partial charge in [-0.15, -0.1) is 0 Å². The number of benzene rings is 1. The van der Waals surface area contributed by atoms with Gasteiger partial charge in [0.05, 0.1) is 30.4 Å². The van der Waals surface area contributed by atoms with Crippen molar-refractivity contribution >= 4 is 11.8 Å². The third kappa shape index (κ3) is 4.43. The minimum atomic E-state index is -0.181. The van der Waals surface area contributed by atoms with E-state index in [1.54, 1.807) is 15.8 Å². The summed E-state index contributed by atoms with van der Waals surface area (Å²) < 4.78 is 12.9. The molecule has 8 nitrogen and oxygen atoms in total. The maximum absolute atomic E-state index is 13.7. The SMILES string of the molecule is Cc1ccc(-c2nn(-c3ccccc3)cc2C(=O)N2CCCC(C(=O)N3CCOCC3)C2)o1. The Morgan fingerprint density at radius 2 is 1.79 bits per heavy atom. The van der Waals surface area contributed by atoms with E-state index in [2.05, 4.69) is 0 Å². The second-order valence-corrected chi connectivity index (χ2v) is 8.61. The van der Waals surface area contributed by atoms with E-state index in [0.717, 1.165) is 24.3 Å². The molecule has 172 valence electrons. The molecule has 0 N–H and O–H groups in total. The summed E-state index contributed by atoms with van der Waals surface area (Å²) in [6.45, 7) is 5.30. The maximum atomic E-state index is 13.7. The summed E-state index contributed by atoms with van der Waals surface area (Å²) in [6.07, 6.45) is 3.36. The molecule has 0 saturated carbocycles. The van der Waals surface area contributed by atoms with Crippen LogP contribution < -0.4 is 0 Å². The fraction of sp³-hybridized carbons (Fsp3) is 0.400. The highest BCUT2D eigenvalue weighted by Gasteiger charge is 2.34. The molecule has 1 unspecified atom stereocenters. The minimum absolute atomic E-state index is 0.123. The monoisotopic (exact) mass is 448 g/mol. The molecular weight excluding hydrogens is 420 g/mol. The first-order chi connectivity index (χ1) is 16.1. The first-order valence-corrected chi connectivity index (χ1v) is 11.5. The number of aryl methyl sites for hydroxylation is 1. The van der Waals surface area contributed by atoms with E-state index >= 15 is 0 Å². The van der Waals surface area contributed by atoms with Crippen molar-refractivity contribution in [1.29, 1.82) is 0 Å². The smallest absolute Gasteiger partial charge is 0.257 e. The molecule has 2 fully saturated rings. The molecule has 4 heterocycles. The van der Waals surface area contributed by atoms with Crippen molar-refractivity contribution in [3.05, 3.63) is 60.0 Å². The number of para-hydroxylation sites is 1. The summed E-state index contributed by atoms with van der Waals surface area (Å²) in [5.41, 5.74) is 1.85. The van der Waals surface area contributed by atoms with Crippen molar-refractivity contribution < 1.29 is 18.7 Å². The third-order valence-corrected chi connectivity index (χ3v) is 6.32. The number of likely N-dealkylation sites (tertiary alicyclic amines) is 1. The average molecular weight is 449 g/mol. The lowest BCUT2D eigenvalue weighted by Crippen LogP contribution is -2.49. The van der Waals surface area contributed by atoms with E-state index in [0.29, 0.717) is 56.4 Å². The van der Waals surface area contributed by atoms with E-state index < -0.39 is 0 Å². The number of carbonyl (C=O) groups excluding carboxylic acids is 2. The molecule has 1 atom stereocenters. The molecule has 1 aromatic carbocycles. The Morgan fingerprint density at radius 3 is 2.52 bits per heavy atom. The molecular formula is C25H28N4O4. The van der Waals surface area contributed by atoms with Gasteiger partial charge in [-0.1, -0.05) is 18.2 Å². The third-order valence-electron chi connectivity index (χ3n) is 6.32. The van der Waals surface area contributed by atoms with E-state index in [4.69, 9.17) is 14.3 Å². The van der Waals surface area contributed by atoms with Crippen molar-refractivity contribution in [2.24, 2.45) is 5.92 Å². The lowest BCUT2D eigenvalue weighted by Gasteiger charge is -2.36. The summed E-state index contributed by atoms with van der Waals surface area (Å²) in [5, 5.41) is 4.69. The standard InChI is InChI=1S/C25H28N4O4/c1-18-9-10-22(33-18)23-21(17-29(26-23)20-7-3-2-4-8-20)25(31)28-11-5-6-19(16-28)24(30)27-12-14-32-15-13-27/h2-4,7-10,17,19H,5-6,11-16H2,1H3. The Labute approximate surface area is 192 Å². The summed E-state index contributed by atoms with van der Waals surface area (Å²) in [6, 6.07) is 13.4. The lowest BCUT2D eigenvalue weighted by molar-refractivity contribution is -0.141. The van der Waals surface area contributed by atoms with Crippen LogP contribution >= 0.6 is 0 Å². The molecule has 3 aromatic rings. The topological polar surface area (TPSA) is 80.8 Å². The van der Waals surface area contributed by atoms with E-state index in [1.807, 2.05) is 54.3 Å². The molecule has 2 aliphatic heterocycles. The van der Waals surface area contributed by atoms with E-state index in [-0.39, 0.29) is 17.7 Å². The van der Waals surface area contributed by atoms with Gasteiger partial charge in [-0.3, -0.25) is 9.59 Å². The van der Waals surface area contributed by atoms with Gasteiger partial charge >= 0.3 is 0 Å². The molecule has 2 saturated heterocycles. The van der Waals surface area contributed by atoms with Crippen molar-refractivity contribution in [2.45, 2.75) is 19.8 Å². The molecule has 2 amide bonds. The highest BCUT2D eigenvalue weighted by atomic mass is 16.5. The average Bonchev–Trinajstić information content (AvgIpc) is 3.51. The number of morpholine rings is 1. The van der Waals surface area contributed by atoms with Gasteiger partial charge in [0.1, 0.15) is 11.5 Å². The lowest BCUT2D eigenvalue weighted by atomic mass is 9.95. The van der Waals surface area contributed by atoms with Gasteiger partial charge in [-0.2, -0.15) is 5.10 Å². The Hall–Kier alpha value is -3.39. The van der Waals surface area contributed by atoms with Crippen LogP contribution in [0, 0.1) is 12.8 Å². The van der Waals surface area contributed by atoms with E-state index in [1.165, 1.54) is 0 Å². The van der Waals surface area contributed by atoms with Crippen molar-refractivity contribution in [2.75, 3.05) is 39.4 Å². The number of aromatic nitrogens is 2. The van der Waals surface area contributed by atoms with Crippen LogP contribution in [0.25, 0.3) is 17.1 Å². The molecule has 0 spiro atoms. The maximum Gasteiger partial charge on any atom is 0.257 e. The second kappa shape index (κ2) is 9.23. The number of nitrogens with zero attached hydrogens (tertiary/aromatic N) is 4. The number of carbonyl (C=O) groups is 2. The number of furan rings is 1. The number of ether oxygens (including phenoxy) is 1. The van der Waals surface area contributed by atoms with Crippen LogP contribution in [0.3, 0.4) is 0 Å². The minimum Gasteiger partial charge on any atom is -0.460 e. The van der Waals surface area contributed by atoms with Crippen LogP contribution in [0.2, 0.25) is 0 Å². The fourth-order valence-corrected chi connectivity index (χ4v) is 4.56. The predicted molar refractivity (Wildman–Crippen MR) is 122 cm³/mol. The molecule has 8 heteroatoms. The van der Waals surface area contributed by atoms with Crippen LogP contribution in [0.4, 0.5) is 0 Å². The van der Waals surface area contributed by atoms with Gasteiger partial charge in [0.15, 0.2) is 5.76 Å². The highest BCUT2D eigenvalue weighted by molar-refractivity contribution is 5.99. The predicted octanol–water partition coefficient (Wildman–Crippen LogP) is 3.15. The van der Waals surface area contributed by atoms with Gasteiger partial charge in [-0.05, 0) is 44.0 Å². The van der Waals surface area contributed by atoms with Crippen LogP contribution in [-0.2, 0) is 9.53 Å². The van der Waals surface area contributed by atoms with Crippen molar-refractivity contribution in [1.82, 2.24) is 19.6 Å². The zero-order valence-corrected chi connectivity index (χ0v) is 18.8. The zero-order chi connectivity index (χ0) is 22.8. The number of hydrogen-bond donors (Lipinski definition) is 0. The van der Waals surface area contributed by atoms with E-state index in [9.17, 15) is 9.59 Å². The summed E-state index contributed by atoms with van der Waals surface area (Å²) in [7, 11) is 0. The summed E-state index contributed by atoms with van der Waals surface area (Å²) in [4.78, 5) is 30.4. The normalized spacial score (nSPS) is 19.0. The molecule has 0 aliphatic carbocycles. The summed E-state index contributed by atoms with van der Waals surface area (Å²) in [5.74, 6) is 1.13. The van der Waals surface area contributed by atoms with Crippen LogP contribution in [0.5, 0.6) is 0 Å². The molecule has 33 heavy (non-hydrogen) atoms. The number of rotatable bonds is 4. The quantitative estimate of drug-likeness (QED) is 0.613. The van der Waals surface area contributed by atoms with Gasteiger partial charge in [0.2, 0.25) is 5.91 Å². The first kappa shape index (κ1) is 21.5. The molecule has 2 aromatic heterocycles. The van der Waals surface area contributed by atoms with Crippen LogP contribution in [0.15, 0.2) is 53.1 Å². The number of hydrogen-bond acceptors (Lipinski definition) is 5. The second-order valence-electron chi connectivity index (χ2n) is 8.61. The Bertz CT molecular complexity index is 1130. The molecule has 5 rings (SSSR count).